The van der Waals surface area contributed by atoms with Crippen LogP contribution in [0, 0.1) is 5.82 Å². The van der Waals surface area contributed by atoms with Crippen LogP contribution in [-0.4, -0.2) is 23.6 Å². The van der Waals surface area contributed by atoms with Crippen LogP contribution in [-0.2, 0) is 10.0 Å². The van der Waals surface area contributed by atoms with Crippen molar-refractivity contribution in [2.24, 2.45) is 0 Å². The summed E-state index contributed by atoms with van der Waals surface area (Å²) in [6.07, 6.45) is 1.27. The number of anilines is 1. The lowest BCUT2D eigenvalue weighted by atomic mass is 10.3. The van der Waals surface area contributed by atoms with Crippen LogP contribution in [0.25, 0.3) is 0 Å². The molecular formula is C10H12FN5O2S. The largest absolute Gasteiger partial charge is 0.396 e. The monoisotopic (exact) mass is 285 g/mol. The Labute approximate surface area is 109 Å². The Morgan fingerprint density at radius 2 is 2.21 bits per heavy atom. The maximum atomic E-state index is 13.0. The highest BCUT2D eigenvalue weighted by Crippen LogP contribution is 2.18. The minimum absolute atomic E-state index is 0.113. The Kier molecular flexibility index (Phi) is 3.49. The number of aromatic amines is 1. The topological polar surface area (TPSA) is 114 Å². The fraction of sp³-hybridized carbons (Fsp3) is 0.200. The molecule has 19 heavy (non-hydrogen) atoms. The minimum Gasteiger partial charge on any atom is -0.396 e. The molecule has 7 nitrogen and oxygen atoms in total. The van der Waals surface area contributed by atoms with Crippen LogP contribution in [0.15, 0.2) is 29.4 Å². The fourth-order valence-corrected chi connectivity index (χ4v) is 2.71. The molecule has 0 aliphatic carbocycles. The molecule has 0 fully saturated rings. The van der Waals surface area contributed by atoms with Gasteiger partial charge in [0, 0.05) is 0 Å². The molecule has 102 valence electrons. The molecule has 1 aromatic carbocycles. The van der Waals surface area contributed by atoms with Crippen LogP contribution in [0.1, 0.15) is 18.8 Å². The van der Waals surface area contributed by atoms with Gasteiger partial charge in [0.05, 0.1) is 16.6 Å². The molecule has 0 spiro atoms. The van der Waals surface area contributed by atoms with Crippen molar-refractivity contribution in [3.8, 4) is 0 Å². The van der Waals surface area contributed by atoms with E-state index >= 15 is 0 Å². The standard InChI is InChI=1S/C10H12FN5O2S/c1-6(10-13-5-14-15-10)16-19(17,18)7-2-3-8(11)9(12)4-7/h2-6,16H,12H2,1H3,(H,13,14,15). The van der Waals surface area contributed by atoms with Crippen molar-refractivity contribution in [2.45, 2.75) is 17.9 Å². The van der Waals surface area contributed by atoms with E-state index in [2.05, 4.69) is 19.9 Å². The first kappa shape index (κ1) is 13.4. The zero-order valence-corrected chi connectivity index (χ0v) is 10.8. The zero-order valence-electron chi connectivity index (χ0n) is 9.96. The second kappa shape index (κ2) is 4.94. The summed E-state index contributed by atoms with van der Waals surface area (Å²) in [7, 11) is -3.81. The lowest BCUT2D eigenvalue weighted by Gasteiger charge is -2.12. The molecule has 4 N–H and O–H groups in total. The van der Waals surface area contributed by atoms with Crippen LogP contribution < -0.4 is 10.5 Å². The smallest absolute Gasteiger partial charge is 0.241 e. The van der Waals surface area contributed by atoms with Gasteiger partial charge in [-0.15, -0.1) is 0 Å². The molecule has 0 saturated carbocycles. The van der Waals surface area contributed by atoms with Crippen molar-refractivity contribution in [3.05, 3.63) is 36.2 Å². The van der Waals surface area contributed by atoms with Crippen LogP contribution in [0.4, 0.5) is 10.1 Å². The first-order chi connectivity index (χ1) is 8.90. The molecule has 2 aromatic rings. The Bertz CT molecular complexity index is 671. The summed E-state index contributed by atoms with van der Waals surface area (Å²) >= 11 is 0. The van der Waals surface area contributed by atoms with Crippen molar-refractivity contribution in [1.82, 2.24) is 19.9 Å². The number of aromatic nitrogens is 3. The van der Waals surface area contributed by atoms with E-state index < -0.39 is 21.9 Å². The Morgan fingerprint density at radius 3 is 2.79 bits per heavy atom. The maximum absolute atomic E-state index is 13.0. The minimum atomic E-state index is -3.81. The van der Waals surface area contributed by atoms with Gasteiger partial charge in [0.1, 0.15) is 18.0 Å². The van der Waals surface area contributed by atoms with Gasteiger partial charge in [-0.2, -0.15) is 5.10 Å². The summed E-state index contributed by atoms with van der Waals surface area (Å²) in [6.45, 7) is 1.60. The molecule has 2 rings (SSSR count). The molecule has 0 aliphatic rings. The quantitative estimate of drug-likeness (QED) is 0.710. The lowest BCUT2D eigenvalue weighted by Crippen LogP contribution is -2.27. The number of nitrogens with one attached hydrogen (secondary N) is 2. The van der Waals surface area contributed by atoms with Crippen LogP contribution in [0.2, 0.25) is 0 Å². The summed E-state index contributed by atoms with van der Waals surface area (Å²) in [5.41, 5.74) is 5.12. The Balaban J connectivity index is 2.25. The molecule has 1 unspecified atom stereocenters. The van der Waals surface area contributed by atoms with Crippen molar-refractivity contribution in [1.29, 1.82) is 0 Å². The van der Waals surface area contributed by atoms with E-state index in [0.29, 0.717) is 5.82 Å². The number of H-pyrrole nitrogens is 1. The predicted octanol–water partition coefficient (Wildman–Crippen LogP) is 0.566. The highest BCUT2D eigenvalue weighted by molar-refractivity contribution is 7.89. The highest BCUT2D eigenvalue weighted by Gasteiger charge is 2.20. The van der Waals surface area contributed by atoms with Gasteiger partial charge in [-0.3, -0.25) is 5.10 Å². The molecule has 1 aromatic heterocycles. The fourth-order valence-electron chi connectivity index (χ4n) is 1.47. The van der Waals surface area contributed by atoms with Crippen LogP contribution in [0.3, 0.4) is 0 Å². The predicted molar refractivity (Wildman–Crippen MR) is 65.9 cm³/mol. The van der Waals surface area contributed by atoms with Gasteiger partial charge in [-0.05, 0) is 25.1 Å². The molecule has 0 amide bonds. The van der Waals surface area contributed by atoms with Gasteiger partial charge in [0.25, 0.3) is 0 Å². The van der Waals surface area contributed by atoms with Gasteiger partial charge in [0.2, 0.25) is 10.0 Å². The molecule has 0 saturated heterocycles. The summed E-state index contributed by atoms with van der Waals surface area (Å²) in [4.78, 5) is 3.73. The number of nitrogens with two attached hydrogens (primary N) is 1. The summed E-state index contributed by atoms with van der Waals surface area (Å²) in [5.74, 6) is -0.291. The van der Waals surface area contributed by atoms with Gasteiger partial charge in [-0.1, -0.05) is 0 Å². The van der Waals surface area contributed by atoms with Gasteiger partial charge >= 0.3 is 0 Å². The molecule has 0 aliphatic heterocycles. The molecule has 1 atom stereocenters. The second-order valence-electron chi connectivity index (χ2n) is 3.90. The number of sulfonamides is 1. The van der Waals surface area contributed by atoms with Gasteiger partial charge < -0.3 is 5.73 Å². The van der Waals surface area contributed by atoms with Crippen molar-refractivity contribution in [3.63, 3.8) is 0 Å². The van der Waals surface area contributed by atoms with E-state index in [1.165, 1.54) is 6.33 Å². The molecule has 0 radical (unpaired) electrons. The van der Waals surface area contributed by atoms with E-state index in [1.54, 1.807) is 6.92 Å². The van der Waals surface area contributed by atoms with E-state index in [4.69, 9.17) is 5.73 Å². The van der Waals surface area contributed by atoms with Crippen molar-refractivity contribution >= 4 is 15.7 Å². The molecule has 0 bridgehead atoms. The first-order valence-corrected chi connectivity index (χ1v) is 6.81. The first-order valence-electron chi connectivity index (χ1n) is 5.33. The summed E-state index contributed by atoms with van der Waals surface area (Å²) < 4.78 is 39.5. The van der Waals surface area contributed by atoms with Crippen LogP contribution in [0.5, 0.6) is 0 Å². The van der Waals surface area contributed by atoms with E-state index in [9.17, 15) is 12.8 Å². The third-order valence-electron chi connectivity index (χ3n) is 2.45. The molecule has 9 heteroatoms. The number of halogens is 1. The maximum Gasteiger partial charge on any atom is 0.241 e. The number of nitrogen functional groups attached to an aromatic ring is 1. The highest BCUT2D eigenvalue weighted by atomic mass is 32.2. The summed E-state index contributed by atoms with van der Waals surface area (Å²) in [5, 5.41) is 6.19. The van der Waals surface area contributed by atoms with E-state index in [0.717, 1.165) is 18.2 Å². The number of hydrogen-bond donors (Lipinski definition) is 3. The number of nitrogens with zero attached hydrogens (tertiary/aromatic N) is 2. The molecular weight excluding hydrogens is 273 g/mol. The number of benzene rings is 1. The van der Waals surface area contributed by atoms with Gasteiger partial charge in [0.15, 0.2) is 0 Å². The van der Waals surface area contributed by atoms with E-state index in [-0.39, 0.29) is 10.6 Å². The van der Waals surface area contributed by atoms with Crippen molar-refractivity contribution in [2.75, 3.05) is 5.73 Å². The third-order valence-corrected chi connectivity index (χ3v) is 3.99. The third kappa shape index (κ3) is 2.88. The SMILES string of the molecule is CC(NS(=O)(=O)c1ccc(F)c(N)c1)c1ncn[nH]1. The van der Waals surface area contributed by atoms with Crippen LogP contribution >= 0.6 is 0 Å². The average molecular weight is 285 g/mol. The normalized spacial score (nSPS) is 13.4. The Hall–Kier alpha value is -2.00. The lowest BCUT2D eigenvalue weighted by molar-refractivity contribution is 0.560. The van der Waals surface area contributed by atoms with Crippen molar-refractivity contribution < 1.29 is 12.8 Å². The van der Waals surface area contributed by atoms with Gasteiger partial charge in [-0.25, -0.2) is 22.5 Å². The molecule has 1 heterocycles. The van der Waals surface area contributed by atoms with E-state index in [1.807, 2.05) is 0 Å². The average Bonchev–Trinajstić information content (AvgIpc) is 2.85. The second-order valence-corrected chi connectivity index (χ2v) is 5.61. The number of hydrogen-bond acceptors (Lipinski definition) is 5. The number of rotatable bonds is 4. The summed E-state index contributed by atoms with van der Waals surface area (Å²) in [6, 6.07) is 2.60. The Morgan fingerprint density at radius 1 is 1.47 bits per heavy atom. The zero-order chi connectivity index (χ0) is 14.0.